The molecule has 55 heavy (non-hydrogen) atoms. The maximum absolute atomic E-state index is 15.1. The minimum absolute atomic E-state index is 0.00216. The van der Waals surface area contributed by atoms with Gasteiger partial charge in [0, 0.05) is 24.5 Å². The second-order valence-corrected chi connectivity index (χ2v) is 19.4. The van der Waals surface area contributed by atoms with Gasteiger partial charge >= 0.3 is 0 Å². The predicted molar refractivity (Wildman–Crippen MR) is 206 cm³/mol. The van der Waals surface area contributed by atoms with Gasteiger partial charge in [-0.3, -0.25) is 33.7 Å². The third-order valence-corrected chi connectivity index (χ3v) is 14.9. The van der Waals surface area contributed by atoms with Crippen LogP contribution in [0.2, 0.25) is 0 Å². The Morgan fingerprint density at radius 1 is 0.818 bits per heavy atom. The molecule has 0 aromatic rings. The first-order chi connectivity index (χ1) is 26.0. The zero-order chi connectivity index (χ0) is 39.9. The molecule has 0 unspecified atom stereocenters. The number of hydrogen-bond donors (Lipinski definition) is 4. The molecule has 0 radical (unpaired) electrons. The molecule has 12 nitrogen and oxygen atoms in total. The van der Waals surface area contributed by atoms with Gasteiger partial charge < -0.3 is 26.2 Å². The summed E-state index contributed by atoms with van der Waals surface area (Å²) >= 11 is 0. The number of hydrogen-bond acceptors (Lipinski definition) is 7. The maximum atomic E-state index is 15.1. The minimum atomic E-state index is -1.01. The number of carbonyl (C=O) groups is 6. The normalized spacial score (nSPS) is 28.9. The molecule has 4 aliphatic carbocycles. The van der Waals surface area contributed by atoms with Crippen LogP contribution in [-0.4, -0.2) is 108 Å². The van der Waals surface area contributed by atoms with Crippen molar-refractivity contribution in [3.63, 3.8) is 0 Å². The van der Waals surface area contributed by atoms with Gasteiger partial charge in [0.05, 0.1) is 12.1 Å². The number of alkyl halides is 1. The molecule has 6 fully saturated rings. The van der Waals surface area contributed by atoms with Gasteiger partial charge in [-0.2, -0.15) is 0 Å². The standard InChI is InChI=1S/C42H67FN6O6/c1-7-13-28(32(50)37(54)44-27-17-18-27)45-35(52)30-24-42(40(5,6)41(42)19-12-20-41)25-49(30)38(55)33(39(2,3)4)47-36(53)31(26-14-9-8-10-15-26)46-34(51)29-16-11-22-48(29)23-21-43/h26-31,33H,7-25H2,1-6H3,(H,44,54)(H,45,52)(H,46,51)(H,47,53)/t28-,29-,30-,31-,33+,42+/m0/s1. The fourth-order valence-electron chi connectivity index (χ4n) is 11.2. The molecule has 2 spiro atoms. The average Bonchev–Trinajstić information content (AvgIpc) is 3.82. The molecule has 2 aliphatic heterocycles. The molecule has 0 aromatic carbocycles. The Labute approximate surface area is 327 Å². The van der Waals surface area contributed by atoms with Crippen molar-refractivity contribution in [2.45, 2.75) is 174 Å². The molecule has 5 amide bonds. The van der Waals surface area contributed by atoms with E-state index in [1.165, 1.54) is 0 Å². The number of nitrogens with zero attached hydrogens (tertiary/aromatic N) is 2. The van der Waals surface area contributed by atoms with Crippen molar-refractivity contribution in [1.29, 1.82) is 0 Å². The van der Waals surface area contributed by atoms with E-state index in [9.17, 15) is 28.4 Å². The summed E-state index contributed by atoms with van der Waals surface area (Å²) in [5.74, 6) is -2.97. The van der Waals surface area contributed by atoms with Crippen LogP contribution in [0.5, 0.6) is 0 Å². The Balaban J connectivity index is 1.25. The largest absolute Gasteiger partial charge is 0.347 e. The lowest BCUT2D eigenvalue weighted by Gasteiger charge is -2.38. The van der Waals surface area contributed by atoms with Gasteiger partial charge in [-0.05, 0) is 92.9 Å². The van der Waals surface area contributed by atoms with Crippen LogP contribution >= 0.6 is 0 Å². The van der Waals surface area contributed by atoms with E-state index in [0.717, 1.165) is 70.6 Å². The summed E-state index contributed by atoms with van der Waals surface area (Å²) in [6.45, 7) is 12.7. The van der Waals surface area contributed by atoms with Crippen molar-refractivity contribution in [3.05, 3.63) is 0 Å². The van der Waals surface area contributed by atoms with Crippen LogP contribution in [0.15, 0.2) is 0 Å². The van der Waals surface area contributed by atoms with E-state index in [0.29, 0.717) is 38.8 Å². The van der Waals surface area contributed by atoms with Crippen LogP contribution in [0.25, 0.3) is 0 Å². The lowest BCUT2D eigenvalue weighted by molar-refractivity contribution is -0.145. The first kappa shape index (κ1) is 41.5. The number of rotatable bonds is 15. The molecule has 6 aliphatic rings. The van der Waals surface area contributed by atoms with Gasteiger partial charge in [0.25, 0.3) is 5.91 Å². The topological polar surface area (TPSA) is 157 Å². The summed E-state index contributed by atoms with van der Waals surface area (Å²) in [4.78, 5) is 87.4. The molecule has 308 valence electrons. The summed E-state index contributed by atoms with van der Waals surface area (Å²) in [5.41, 5.74) is -1.14. The smallest absolute Gasteiger partial charge is 0.289 e. The SMILES string of the molecule is CCC[C@H](NC(=O)[C@@H]1C[C@@]2(CN1C(=O)[C@@H](NC(=O)[C@@H](NC(=O)[C@@H]1CCCN1CCF)C1CCCCC1)C(C)(C)C)C(C)(C)C21CCC1)C(=O)C(=O)NC1CC1. The zero-order valence-electron chi connectivity index (χ0n) is 34.2. The molecule has 2 saturated heterocycles. The molecule has 6 rings (SSSR count). The summed E-state index contributed by atoms with van der Waals surface area (Å²) in [5, 5.41) is 11.8. The quantitative estimate of drug-likeness (QED) is 0.184. The number of Topliss-reactive ketones (excluding diaryl/α,β-unsaturated/α-hetero) is 1. The van der Waals surface area contributed by atoms with Crippen molar-refractivity contribution in [3.8, 4) is 0 Å². The molecule has 6 atom stereocenters. The van der Waals surface area contributed by atoms with Crippen LogP contribution in [0.1, 0.15) is 138 Å². The fourth-order valence-corrected chi connectivity index (χ4v) is 11.2. The van der Waals surface area contributed by atoms with Crippen molar-refractivity contribution in [2.75, 3.05) is 26.3 Å². The molecule has 0 aromatic heterocycles. The van der Waals surface area contributed by atoms with E-state index in [-0.39, 0.29) is 46.6 Å². The Morgan fingerprint density at radius 2 is 1.49 bits per heavy atom. The van der Waals surface area contributed by atoms with Gasteiger partial charge in [0.15, 0.2) is 0 Å². The number of halogens is 1. The van der Waals surface area contributed by atoms with Gasteiger partial charge in [0.1, 0.15) is 24.8 Å². The highest BCUT2D eigenvalue weighted by molar-refractivity contribution is 6.38. The third-order valence-electron chi connectivity index (χ3n) is 14.9. The summed E-state index contributed by atoms with van der Waals surface area (Å²) in [6, 6.07) is -4.26. The van der Waals surface area contributed by atoms with Gasteiger partial charge in [-0.1, -0.05) is 73.6 Å². The lowest BCUT2D eigenvalue weighted by atomic mass is 9.73. The number of likely N-dealkylation sites (tertiary alicyclic amines) is 2. The van der Waals surface area contributed by atoms with Crippen LogP contribution in [0.4, 0.5) is 4.39 Å². The number of ketones is 1. The first-order valence-electron chi connectivity index (χ1n) is 21.4. The molecule has 0 bridgehead atoms. The number of nitrogens with one attached hydrogen (secondary N) is 4. The molecule has 13 heteroatoms. The number of amides is 5. The van der Waals surface area contributed by atoms with E-state index in [4.69, 9.17) is 0 Å². The van der Waals surface area contributed by atoms with Gasteiger partial charge in [-0.15, -0.1) is 0 Å². The van der Waals surface area contributed by atoms with Gasteiger partial charge in [0.2, 0.25) is 29.4 Å². The van der Waals surface area contributed by atoms with Crippen molar-refractivity contribution in [1.82, 2.24) is 31.1 Å². The molecule has 4 N–H and O–H groups in total. The fraction of sp³-hybridized carbons (Fsp3) is 0.857. The second-order valence-electron chi connectivity index (χ2n) is 19.4. The summed E-state index contributed by atoms with van der Waals surface area (Å²) in [6.07, 6.45) is 12.0. The number of carbonyl (C=O) groups excluding carboxylic acids is 6. The zero-order valence-corrected chi connectivity index (χ0v) is 34.2. The number of fused-ring (bicyclic) bond motifs is 1. The van der Waals surface area contributed by atoms with Crippen LogP contribution < -0.4 is 21.3 Å². The Bertz CT molecular complexity index is 1500. The Morgan fingerprint density at radius 3 is 2.05 bits per heavy atom. The van der Waals surface area contributed by atoms with E-state index < -0.39 is 65.8 Å². The van der Waals surface area contributed by atoms with E-state index in [2.05, 4.69) is 35.1 Å². The van der Waals surface area contributed by atoms with Crippen LogP contribution in [0, 0.1) is 27.6 Å². The first-order valence-corrected chi connectivity index (χ1v) is 21.4. The maximum Gasteiger partial charge on any atom is 0.289 e. The van der Waals surface area contributed by atoms with Crippen LogP contribution in [-0.2, 0) is 28.8 Å². The second kappa shape index (κ2) is 16.0. The monoisotopic (exact) mass is 771 g/mol. The Kier molecular flexibility index (Phi) is 12.1. The van der Waals surface area contributed by atoms with E-state index in [1.54, 1.807) is 4.90 Å². The molecular formula is C42H67FN6O6. The predicted octanol–water partition coefficient (Wildman–Crippen LogP) is 3.95. The van der Waals surface area contributed by atoms with Crippen LogP contribution in [0.3, 0.4) is 0 Å². The van der Waals surface area contributed by atoms with Gasteiger partial charge in [-0.25, -0.2) is 4.39 Å². The van der Waals surface area contributed by atoms with Crippen molar-refractivity contribution in [2.24, 2.45) is 27.6 Å². The molecule has 2 heterocycles. The Hall–Kier alpha value is -3.09. The highest BCUT2D eigenvalue weighted by Crippen LogP contribution is 2.88. The van der Waals surface area contributed by atoms with E-state index >= 15 is 4.79 Å². The minimum Gasteiger partial charge on any atom is -0.347 e. The molecular weight excluding hydrogens is 703 g/mol. The highest BCUT2D eigenvalue weighted by atomic mass is 19.1. The highest BCUT2D eigenvalue weighted by Gasteiger charge is 2.85. The lowest BCUT2D eigenvalue weighted by Crippen LogP contribution is -2.62. The van der Waals surface area contributed by atoms with Crippen molar-refractivity contribution < 1.29 is 33.2 Å². The third kappa shape index (κ3) is 7.81. The molecule has 4 saturated carbocycles. The summed E-state index contributed by atoms with van der Waals surface area (Å²) < 4.78 is 13.3. The van der Waals surface area contributed by atoms with Crippen molar-refractivity contribution >= 4 is 35.3 Å². The van der Waals surface area contributed by atoms with E-state index in [1.807, 2.05) is 32.6 Å². The average molecular weight is 771 g/mol. The summed E-state index contributed by atoms with van der Waals surface area (Å²) in [7, 11) is 0.